The molecule has 2 aromatic carbocycles. The third kappa shape index (κ3) is 5.62. The molecule has 0 bridgehead atoms. The van der Waals surface area contributed by atoms with Gasteiger partial charge in [-0.05, 0) is 29.8 Å². The highest BCUT2D eigenvalue weighted by molar-refractivity contribution is 8.13. The second-order valence-electron chi connectivity index (χ2n) is 4.43. The van der Waals surface area contributed by atoms with E-state index in [4.69, 9.17) is 40.5 Å². The molecule has 0 radical (unpaired) electrons. The van der Waals surface area contributed by atoms with E-state index in [2.05, 4.69) is 10.2 Å². The van der Waals surface area contributed by atoms with E-state index < -0.39 is 0 Å². The molecule has 0 aliphatic heterocycles. The molecule has 23 heavy (non-hydrogen) atoms. The van der Waals surface area contributed by atoms with Crippen molar-refractivity contribution >= 4 is 57.9 Å². The van der Waals surface area contributed by atoms with Crippen LogP contribution < -0.4 is 5.73 Å². The number of halogens is 3. The summed E-state index contributed by atoms with van der Waals surface area (Å²) >= 11 is 18.9. The van der Waals surface area contributed by atoms with Crippen LogP contribution in [0.2, 0.25) is 15.1 Å². The van der Waals surface area contributed by atoms with Gasteiger partial charge in [0.1, 0.15) is 5.75 Å². The molecule has 0 aromatic heterocycles. The van der Waals surface area contributed by atoms with Gasteiger partial charge in [-0.2, -0.15) is 5.10 Å². The van der Waals surface area contributed by atoms with Crippen molar-refractivity contribution in [2.45, 2.75) is 5.75 Å². The minimum atomic E-state index is -0.111. The normalized spacial score (nSPS) is 12.0. The van der Waals surface area contributed by atoms with Crippen LogP contribution in [0.4, 0.5) is 0 Å². The van der Waals surface area contributed by atoms with Crippen molar-refractivity contribution in [3.63, 3.8) is 0 Å². The number of rotatable bonds is 4. The molecule has 2 rings (SSSR count). The number of phenols is 1. The molecule has 0 spiro atoms. The summed E-state index contributed by atoms with van der Waals surface area (Å²) in [6.45, 7) is 0. The minimum absolute atomic E-state index is 0.111. The zero-order chi connectivity index (χ0) is 16.8. The van der Waals surface area contributed by atoms with Crippen molar-refractivity contribution in [2.75, 3.05) is 0 Å². The Morgan fingerprint density at radius 1 is 1.17 bits per heavy atom. The first-order valence-electron chi connectivity index (χ1n) is 6.37. The smallest absolute Gasteiger partial charge is 0.180 e. The monoisotopic (exact) mass is 387 g/mol. The van der Waals surface area contributed by atoms with Crippen LogP contribution in [0.25, 0.3) is 0 Å². The highest BCUT2D eigenvalue weighted by atomic mass is 35.5. The predicted octanol–water partition coefficient (Wildman–Crippen LogP) is 4.93. The first-order chi connectivity index (χ1) is 11.0. The lowest BCUT2D eigenvalue weighted by Gasteiger charge is -2.02. The molecule has 0 heterocycles. The van der Waals surface area contributed by atoms with Gasteiger partial charge in [0, 0.05) is 21.4 Å². The van der Waals surface area contributed by atoms with Gasteiger partial charge in [0.05, 0.1) is 11.2 Å². The number of aromatic hydroxyl groups is 1. The van der Waals surface area contributed by atoms with Crippen LogP contribution >= 0.6 is 46.6 Å². The summed E-state index contributed by atoms with van der Waals surface area (Å²) in [5.74, 6) is 0.514. The van der Waals surface area contributed by atoms with Crippen molar-refractivity contribution in [1.82, 2.24) is 0 Å². The van der Waals surface area contributed by atoms with Gasteiger partial charge in [0.25, 0.3) is 0 Å². The summed E-state index contributed by atoms with van der Waals surface area (Å²) < 4.78 is 0. The fourth-order valence-electron chi connectivity index (χ4n) is 1.65. The molecule has 0 saturated carbocycles. The lowest BCUT2D eigenvalue weighted by Crippen LogP contribution is -2.06. The van der Waals surface area contributed by atoms with Gasteiger partial charge >= 0.3 is 0 Å². The lowest BCUT2D eigenvalue weighted by molar-refractivity contribution is 0.474. The van der Waals surface area contributed by atoms with Crippen LogP contribution in [0.1, 0.15) is 11.1 Å². The number of amidine groups is 1. The molecule has 3 N–H and O–H groups in total. The predicted molar refractivity (Wildman–Crippen MR) is 100 cm³/mol. The molecule has 0 amide bonds. The van der Waals surface area contributed by atoms with Crippen LogP contribution in [-0.4, -0.2) is 16.5 Å². The molecule has 4 nitrogen and oxygen atoms in total. The summed E-state index contributed by atoms with van der Waals surface area (Å²) in [6.07, 6.45) is 1.33. The number of nitrogens with two attached hydrogens (primary N) is 1. The summed E-state index contributed by atoms with van der Waals surface area (Å²) in [4.78, 5) is 0. The zero-order valence-electron chi connectivity index (χ0n) is 11.7. The molecular formula is C15H12Cl3N3OS. The van der Waals surface area contributed by atoms with E-state index in [0.29, 0.717) is 21.4 Å². The maximum atomic E-state index is 9.79. The van der Waals surface area contributed by atoms with Gasteiger partial charge in [0.2, 0.25) is 0 Å². The summed E-state index contributed by atoms with van der Waals surface area (Å²) in [5.41, 5.74) is 7.16. The van der Waals surface area contributed by atoms with Gasteiger partial charge in [-0.25, -0.2) is 0 Å². The van der Waals surface area contributed by atoms with Crippen molar-refractivity contribution in [2.24, 2.45) is 15.9 Å². The average Bonchev–Trinajstić information content (AvgIpc) is 2.50. The lowest BCUT2D eigenvalue weighted by atomic mass is 10.2. The minimum Gasteiger partial charge on any atom is -0.506 e. The third-order valence-electron chi connectivity index (χ3n) is 2.69. The van der Waals surface area contributed by atoms with Gasteiger partial charge in [-0.1, -0.05) is 58.7 Å². The fraction of sp³-hybridized carbons (Fsp3) is 0.0667. The second-order valence-corrected chi connectivity index (χ2v) is 6.70. The number of benzene rings is 2. The quantitative estimate of drug-likeness (QED) is 0.443. The van der Waals surface area contributed by atoms with Crippen molar-refractivity contribution < 1.29 is 5.11 Å². The Morgan fingerprint density at radius 2 is 1.96 bits per heavy atom. The molecule has 0 unspecified atom stereocenters. The number of hydrogen-bond acceptors (Lipinski definition) is 4. The van der Waals surface area contributed by atoms with Crippen LogP contribution in [0.5, 0.6) is 5.75 Å². The van der Waals surface area contributed by atoms with E-state index in [1.54, 1.807) is 6.07 Å². The van der Waals surface area contributed by atoms with E-state index in [0.717, 1.165) is 5.56 Å². The highest BCUT2D eigenvalue weighted by Crippen LogP contribution is 2.30. The van der Waals surface area contributed by atoms with Crippen molar-refractivity contribution in [3.05, 3.63) is 62.6 Å². The molecular weight excluding hydrogens is 377 g/mol. The molecule has 0 saturated heterocycles. The molecule has 0 fully saturated rings. The number of nitrogens with zero attached hydrogens (tertiary/aromatic N) is 2. The van der Waals surface area contributed by atoms with Crippen molar-refractivity contribution in [1.29, 1.82) is 0 Å². The highest BCUT2D eigenvalue weighted by Gasteiger charge is 2.05. The van der Waals surface area contributed by atoms with E-state index in [1.165, 1.54) is 30.1 Å². The van der Waals surface area contributed by atoms with E-state index in [1.807, 2.05) is 18.2 Å². The number of phenolic OH excluding ortho intramolecular Hbond substituents is 1. The average molecular weight is 389 g/mol. The van der Waals surface area contributed by atoms with Gasteiger partial charge < -0.3 is 10.8 Å². The van der Waals surface area contributed by atoms with E-state index in [9.17, 15) is 5.11 Å². The number of hydrogen-bond donors (Lipinski definition) is 2. The Kier molecular flexibility index (Phi) is 6.59. The molecule has 0 atom stereocenters. The summed E-state index contributed by atoms with van der Waals surface area (Å²) in [5, 5.41) is 19.0. The Bertz CT molecular complexity index is 766. The fourth-order valence-corrected chi connectivity index (χ4v) is 2.97. The summed E-state index contributed by atoms with van der Waals surface area (Å²) in [7, 11) is 0. The number of thioether (sulfide) groups is 1. The van der Waals surface area contributed by atoms with Crippen LogP contribution in [0.3, 0.4) is 0 Å². The Morgan fingerprint density at radius 3 is 2.70 bits per heavy atom. The Balaban J connectivity index is 1.99. The first-order valence-corrected chi connectivity index (χ1v) is 8.49. The first kappa shape index (κ1) is 17.9. The molecule has 8 heteroatoms. The Hall–Kier alpha value is -1.40. The standard InChI is InChI=1S/C15H12Cl3N3OS/c16-11-3-1-2-9(4-11)8-23-15(19)21-20-7-10-5-12(17)6-13(18)14(10)22/h1-7,22H,8H2,(H2,19,21)/b20-7+. The van der Waals surface area contributed by atoms with Gasteiger partial charge in [-0.3, -0.25) is 0 Å². The van der Waals surface area contributed by atoms with E-state index >= 15 is 0 Å². The van der Waals surface area contributed by atoms with Gasteiger partial charge in [0.15, 0.2) is 5.17 Å². The third-order valence-corrected chi connectivity index (χ3v) is 4.28. The maximum Gasteiger partial charge on any atom is 0.180 e. The topological polar surface area (TPSA) is 71.0 Å². The van der Waals surface area contributed by atoms with Crippen LogP contribution in [-0.2, 0) is 5.75 Å². The Labute approximate surface area is 153 Å². The molecule has 2 aromatic rings. The van der Waals surface area contributed by atoms with Crippen LogP contribution in [0, 0.1) is 0 Å². The molecule has 120 valence electrons. The maximum absolute atomic E-state index is 9.79. The van der Waals surface area contributed by atoms with E-state index in [-0.39, 0.29) is 15.9 Å². The zero-order valence-corrected chi connectivity index (χ0v) is 14.8. The SMILES string of the molecule is N/C(=N\N=C\c1cc(Cl)cc(Cl)c1O)SCc1cccc(Cl)c1. The molecule has 0 aliphatic rings. The second kappa shape index (κ2) is 8.45. The van der Waals surface area contributed by atoms with Crippen LogP contribution in [0.15, 0.2) is 46.6 Å². The largest absolute Gasteiger partial charge is 0.506 e. The van der Waals surface area contributed by atoms with Crippen molar-refractivity contribution in [3.8, 4) is 5.75 Å². The molecule has 0 aliphatic carbocycles. The summed E-state index contributed by atoms with van der Waals surface area (Å²) in [6, 6.07) is 10.4. The van der Waals surface area contributed by atoms with Gasteiger partial charge in [-0.15, -0.1) is 5.10 Å².